The molecule has 4 rings (SSSR count). The molecule has 0 fully saturated rings. The van der Waals surface area contributed by atoms with Gasteiger partial charge in [-0.3, -0.25) is 4.79 Å². The second-order valence-electron chi connectivity index (χ2n) is 6.81. The fraction of sp³-hybridized carbons (Fsp3) is 0.115. The summed E-state index contributed by atoms with van der Waals surface area (Å²) in [6, 6.07) is 16.1. The van der Waals surface area contributed by atoms with Crippen LogP contribution in [0.5, 0.6) is 5.75 Å². The van der Waals surface area contributed by atoms with E-state index in [9.17, 15) is 4.79 Å². The Morgan fingerprint density at radius 2 is 1.79 bits per heavy atom. The molecule has 138 valence electrons. The largest absolute Gasteiger partial charge is 0.497 e. The summed E-state index contributed by atoms with van der Waals surface area (Å²) in [4.78, 5) is 12.5. The average Bonchev–Trinajstić information content (AvgIpc) is 2.76. The smallest absolute Gasteiger partial charge is 0.186 e. The highest BCUT2D eigenvalue weighted by atomic mass is 16.5. The van der Waals surface area contributed by atoms with Crippen LogP contribution in [0.2, 0.25) is 0 Å². The molecule has 0 aliphatic heterocycles. The highest BCUT2D eigenvalue weighted by Crippen LogP contribution is 2.31. The maximum atomic E-state index is 12.5. The van der Waals surface area contributed by atoms with Crippen LogP contribution in [0.1, 0.15) is 29.5 Å². The minimum Gasteiger partial charge on any atom is -0.497 e. The molecule has 0 spiro atoms. The molecular formula is C26H22O2. The van der Waals surface area contributed by atoms with Gasteiger partial charge >= 0.3 is 0 Å². The Labute approximate surface area is 165 Å². The molecule has 0 aromatic heterocycles. The van der Waals surface area contributed by atoms with Crippen molar-refractivity contribution in [2.75, 3.05) is 7.11 Å². The molecule has 0 bridgehead atoms. The van der Waals surface area contributed by atoms with Gasteiger partial charge in [0.1, 0.15) is 5.75 Å². The normalized spacial score (nSPS) is 17.5. The van der Waals surface area contributed by atoms with Gasteiger partial charge < -0.3 is 4.74 Å². The number of carbonyl (C=O) groups is 1. The van der Waals surface area contributed by atoms with Gasteiger partial charge in [-0.15, -0.1) is 0 Å². The number of benzene rings is 2. The summed E-state index contributed by atoms with van der Waals surface area (Å²) >= 11 is 0. The number of ketones is 1. The molecule has 2 aromatic rings. The van der Waals surface area contributed by atoms with Crippen LogP contribution in [0.3, 0.4) is 0 Å². The number of fused-ring (bicyclic) bond motifs is 1. The topological polar surface area (TPSA) is 26.3 Å². The molecule has 2 aliphatic rings. The van der Waals surface area contributed by atoms with E-state index in [2.05, 4.69) is 36.4 Å². The molecule has 0 radical (unpaired) electrons. The van der Waals surface area contributed by atoms with E-state index in [4.69, 9.17) is 4.74 Å². The van der Waals surface area contributed by atoms with Gasteiger partial charge in [0.25, 0.3) is 0 Å². The van der Waals surface area contributed by atoms with Crippen molar-refractivity contribution in [1.82, 2.24) is 0 Å². The maximum Gasteiger partial charge on any atom is 0.186 e. The first kappa shape index (κ1) is 18.0. The van der Waals surface area contributed by atoms with Crippen LogP contribution < -0.4 is 4.74 Å². The van der Waals surface area contributed by atoms with Crippen molar-refractivity contribution < 1.29 is 9.53 Å². The summed E-state index contributed by atoms with van der Waals surface area (Å²) in [6.07, 6.45) is 16.3. The molecule has 2 heteroatoms. The maximum absolute atomic E-state index is 12.5. The minimum absolute atomic E-state index is 0.0391. The number of methoxy groups -OCH3 is 1. The number of hydrogen-bond acceptors (Lipinski definition) is 2. The van der Waals surface area contributed by atoms with Crippen molar-refractivity contribution in [2.24, 2.45) is 0 Å². The zero-order valence-electron chi connectivity index (χ0n) is 15.9. The van der Waals surface area contributed by atoms with Gasteiger partial charge in [-0.05, 0) is 65.0 Å². The Hall–Kier alpha value is -3.39. The summed E-state index contributed by atoms with van der Waals surface area (Å²) < 4.78 is 5.29. The third-order valence-electron chi connectivity index (χ3n) is 5.05. The molecule has 0 N–H and O–H groups in total. The third kappa shape index (κ3) is 3.67. The first-order valence-electron chi connectivity index (χ1n) is 9.51. The standard InChI is InChI=1S/C26H22O2/c1-28-22-14-11-21(12-15-22)23(19-7-3-2-4-8-19)16-17-25-24-10-6-5-9-20(24)13-18-26(25)27/h3,5-18H,2,4H2,1H3/b23-16-,25-17-. The van der Waals surface area contributed by atoms with Crippen molar-refractivity contribution in [2.45, 2.75) is 12.8 Å². The SMILES string of the molecule is COc1ccc(/C(=C\C=C2/C(=O)C=Cc3ccccc32)C2=CCCC=C2)cc1. The Bertz CT molecular complexity index is 1040. The summed E-state index contributed by atoms with van der Waals surface area (Å²) in [7, 11) is 1.67. The van der Waals surface area contributed by atoms with Gasteiger partial charge in [-0.2, -0.15) is 0 Å². The van der Waals surface area contributed by atoms with Crippen LogP contribution in [0.4, 0.5) is 0 Å². The van der Waals surface area contributed by atoms with Crippen LogP contribution in [0.25, 0.3) is 17.2 Å². The van der Waals surface area contributed by atoms with Crippen molar-refractivity contribution in [3.63, 3.8) is 0 Å². The fourth-order valence-corrected chi connectivity index (χ4v) is 3.56. The van der Waals surface area contributed by atoms with E-state index in [-0.39, 0.29) is 5.78 Å². The Morgan fingerprint density at radius 1 is 0.964 bits per heavy atom. The molecule has 0 heterocycles. The van der Waals surface area contributed by atoms with Crippen molar-refractivity contribution >= 4 is 23.0 Å². The quantitative estimate of drug-likeness (QED) is 0.617. The number of hydrogen-bond donors (Lipinski definition) is 0. The molecule has 2 aliphatic carbocycles. The molecule has 0 saturated heterocycles. The van der Waals surface area contributed by atoms with Crippen molar-refractivity contribution in [3.05, 3.63) is 107 Å². The van der Waals surface area contributed by atoms with E-state index >= 15 is 0 Å². The van der Waals surface area contributed by atoms with E-state index in [1.165, 1.54) is 5.57 Å². The lowest BCUT2D eigenvalue weighted by Crippen LogP contribution is -2.04. The van der Waals surface area contributed by atoms with E-state index in [0.717, 1.165) is 46.4 Å². The first-order valence-corrected chi connectivity index (χ1v) is 9.51. The Balaban J connectivity index is 1.80. The Kier molecular flexibility index (Phi) is 5.20. The number of ether oxygens (including phenoxy) is 1. The summed E-state index contributed by atoms with van der Waals surface area (Å²) in [5, 5.41) is 0. The molecule has 2 aromatic carbocycles. The number of carbonyl (C=O) groups excluding carboxylic acids is 1. The highest BCUT2D eigenvalue weighted by Gasteiger charge is 2.16. The monoisotopic (exact) mass is 366 g/mol. The van der Waals surface area contributed by atoms with Crippen LogP contribution in [-0.2, 0) is 4.79 Å². The molecule has 2 nitrogen and oxygen atoms in total. The average molecular weight is 366 g/mol. The van der Waals surface area contributed by atoms with Crippen LogP contribution in [0, 0.1) is 0 Å². The number of allylic oxidation sites excluding steroid dienone is 9. The van der Waals surface area contributed by atoms with Crippen molar-refractivity contribution in [3.8, 4) is 5.75 Å². The van der Waals surface area contributed by atoms with E-state index < -0.39 is 0 Å². The molecule has 0 saturated carbocycles. The molecule has 0 atom stereocenters. The Morgan fingerprint density at radius 3 is 2.54 bits per heavy atom. The molecule has 0 amide bonds. The third-order valence-corrected chi connectivity index (χ3v) is 5.05. The van der Waals surface area contributed by atoms with Crippen LogP contribution in [0.15, 0.2) is 90.6 Å². The van der Waals surface area contributed by atoms with E-state index in [1.54, 1.807) is 13.2 Å². The molecule has 28 heavy (non-hydrogen) atoms. The van der Waals surface area contributed by atoms with Gasteiger partial charge in [0.2, 0.25) is 0 Å². The summed E-state index contributed by atoms with van der Waals surface area (Å²) in [5.74, 6) is 0.869. The summed E-state index contributed by atoms with van der Waals surface area (Å²) in [5.41, 5.74) is 6.16. The highest BCUT2D eigenvalue weighted by molar-refractivity contribution is 6.30. The second-order valence-corrected chi connectivity index (χ2v) is 6.81. The fourth-order valence-electron chi connectivity index (χ4n) is 3.56. The number of rotatable bonds is 4. The van der Waals surface area contributed by atoms with Crippen LogP contribution >= 0.6 is 0 Å². The zero-order chi connectivity index (χ0) is 19.3. The zero-order valence-corrected chi connectivity index (χ0v) is 15.9. The lowest BCUT2D eigenvalue weighted by Gasteiger charge is -2.14. The van der Waals surface area contributed by atoms with Gasteiger partial charge in [0.05, 0.1) is 7.11 Å². The molecule has 0 unspecified atom stereocenters. The van der Waals surface area contributed by atoms with Crippen LogP contribution in [-0.4, -0.2) is 12.9 Å². The van der Waals surface area contributed by atoms with E-state index in [1.807, 2.05) is 48.6 Å². The first-order chi connectivity index (χ1) is 13.8. The van der Waals surface area contributed by atoms with E-state index in [0.29, 0.717) is 0 Å². The van der Waals surface area contributed by atoms with Gasteiger partial charge in [-0.1, -0.05) is 66.8 Å². The summed E-state index contributed by atoms with van der Waals surface area (Å²) in [6.45, 7) is 0. The lowest BCUT2D eigenvalue weighted by molar-refractivity contribution is -0.109. The predicted molar refractivity (Wildman–Crippen MR) is 116 cm³/mol. The van der Waals surface area contributed by atoms with Crippen molar-refractivity contribution in [1.29, 1.82) is 0 Å². The molecular weight excluding hydrogens is 344 g/mol. The minimum atomic E-state index is 0.0391. The van der Waals surface area contributed by atoms with Gasteiger partial charge in [-0.25, -0.2) is 0 Å². The van der Waals surface area contributed by atoms with Gasteiger partial charge in [0, 0.05) is 5.57 Å². The van der Waals surface area contributed by atoms with Gasteiger partial charge in [0.15, 0.2) is 5.78 Å². The predicted octanol–water partition coefficient (Wildman–Crippen LogP) is 6.03. The lowest BCUT2D eigenvalue weighted by atomic mass is 9.89. The second kappa shape index (κ2) is 8.10.